The number of hydrogen-bond donors (Lipinski definition) is 0. The van der Waals surface area contributed by atoms with Gasteiger partial charge in [0.25, 0.3) is 0 Å². The molecule has 138 valence electrons. The molecule has 0 amide bonds. The van der Waals surface area contributed by atoms with Gasteiger partial charge in [0.1, 0.15) is 5.25 Å². The van der Waals surface area contributed by atoms with Crippen LogP contribution < -0.4 is 0 Å². The highest BCUT2D eigenvalue weighted by molar-refractivity contribution is 8.00. The third kappa shape index (κ3) is 3.87. The molecule has 0 saturated carbocycles. The standard InChI is InChI=1S/C22H18N4OS/c1-16-9-8-14-19(15-16)26-22(23-24-25-26)28-21(18-12-6-3-7-13-18)20(27)17-10-4-2-5-11-17/h2-15,21H,1H3/t21-/m0/s1. The van der Waals surface area contributed by atoms with Gasteiger partial charge in [-0.05, 0) is 40.6 Å². The Morgan fingerprint density at radius 1 is 0.929 bits per heavy atom. The number of Topliss-reactive ketones (excluding diaryl/α,β-unsaturated/α-hetero) is 1. The Morgan fingerprint density at radius 3 is 2.36 bits per heavy atom. The molecule has 0 spiro atoms. The van der Waals surface area contributed by atoms with Crippen LogP contribution in [0.4, 0.5) is 0 Å². The fourth-order valence-electron chi connectivity index (χ4n) is 2.93. The Morgan fingerprint density at radius 2 is 1.64 bits per heavy atom. The molecule has 1 atom stereocenters. The molecule has 0 bridgehead atoms. The van der Waals surface area contributed by atoms with Gasteiger partial charge in [-0.3, -0.25) is 4.79 Å². The molecule has 4 rings (SSSR count). The fraction of sp³-hybridized carbons (Fsp3) is 0.0909. The summed E-state index contributed by atoms with van der Waals surface area (Å²) in [6.07, 6.45) is 0. The van der Waals surface area contributed by atoms with E-state index in [4.69, 9.17) is 0 Å². The molecule has 0 saturated heterocycles. The molecule has 3 aromatic carbocycles. The van der Waals surface area contributed by atoms with E-state index in [1.165, 1.54) is 11.8 Å². The van der Waals surface area contributed by atoms with E-state index in [2.05, 4.69) is 15.5 Å². The maximum atomic E-state index is 13.3. The van der Waals surface area contributed by atoms with Gasteiger partial charge in [0.05, 0.1) is 5.69 Å². The van der Waals surface area contributed by atoms with Crippen molar-refractivity contribution in [3.05, 3.63) is 102 Å². The summed E-state index contributed by atoms with van der Waals surface area (Å²) in [4.78, 5) is 13.3. The first-order chi connectivity index (χ1) is 13.7. The maximum absolute atomic E-state index is 13.3. The molecule has 0 radical (unpaired) electrons. The second-order valence-corrected chi connectivity index (χ2v) is 7.42. The van der Waals surface area contributed by atoms with Crippen molar-refractivity contribution in [2.45, 2.75) is 17.3 Å². The molecule has 0 unspecified atom stereocenters. The Hall–Kier alpha value is -3.25. The molecular weight excluding hydrogens is 368 g/mol. The minimum atomic E-state index is -0.446. The second-order valence-electron chi connectivity index (χ2n) is 6.35. The van der Waals surface area contributed by atoms with Crippen molar-refractivity contribution >= 4 is 17.5 Å². The van der Waals surface area contributed by atoms with Crippen molar-refractivity contribution < 1.29 is 4.79 Å². The summed E-state index contributed by atoms with van der Waals surface area (Å²) in [5.74, 6) is 0.0237. The SMILES string of the molecule is Cc1cccc(-n2nnnc2S[C@H](C(=O)c2ccccc2)c2ccccc2)c1. The molecule has 1 aromatic heterocycles. The number of carbonyl (C=O) groups excluding carboxylic acids is 1. The van der Waals surface area contributed by atoms with Crippen molar-refractivity contribution in [1.29, 1.82) is 0 Å². The lowest BCUT2D eigenvalue weighted by Crippen LogP contribution is -2.11. The van der Waals surface area contributed by atoms with Crippen molar-refractivity contribution in [1.82, 2.24) is 20.2 Å². The number of hydrogen-bond acceptors (Lipinski definition) is 5. The second kappa shape index (κ2) is 8.19. The molecule has 0 aliphatic carbocycles. The van der Waals surface area contributed by atoms with E-state index >= 15 is 0 Å². The normalized spacial score (nSPS) is 11.9. The van der Waals surface area contributed by atoms with E-state index in [1.807, 2.05) is 91.9 Å². The van der Waals surface area contributed by atoms with E-state index in [0.717, 1.165) is 16.8 Å². The van der Waals surface area contributed by atoms with Gasteiger partial charge in [0, 0.05) is 5.56 Å². The van der Waals surface area contributed by atoms with Gasteiger partial charge in [-0.1, -0.05) is 84.6 Å². The molecule has 0 N–H and O–H groups in total. The van der Waals surface area contributed by atoms with Crippen molar-refractivity contribution in [2.75, 3.05) is 0 Å². The van der Waals surface area contributed by atoms with Gasteiger partial charge in [-0.25, -0.2) is 0 Å². The maximum Gasteiger partial charge on any atom is 0.215 e. The van der Waals surface area contributed by atoms with Gasteiger partial charge in [-0.15, -0.1) is 5.10 Å². The number of tetrazole rings is 1. The number of thioether (sulfide) groups is 1. The highest BCUT2D eigenvalue weighted by Crippen LogP contribution is 2.37. The van der Waals surface area contributed by atoms with E-state index in [1.54, 1.807) is 4.68 Å². The predicted octanol–water partition coefficient (Wildman–Crippen LogP) is 4.69. The van der Waals surface area contributed by atoms with Crippen LogP contribution in [0.15, 0.2) is 90.1 Å². The monoisotopic (exact) mass is 386 g/mol. The minimum Gasteiger partial charge on any atom is -0.293 e. The summed E-state index contributed by atoms with van der Waals surface area (Å²) in [5, 5.41) is 12.3. The number of benzene rings is 3. The van der Waals surface area contributed by atoms with Crippen LogP contribution in [-0.2, 0) is 0 Å². The molecular formula is C22H18N4OS. The van der Waals surface area contributed by atoms with Gasteiger partial charge in [0.15, 0.2) is 5.78 Å². The Balaban J connectivity index is 1.72. The molecule has 4 aromatic rings. The van der Waals surface area contributed by atoms with Gasteiger partial charge in [-0.2, -0.15) is 4.68 Å². The number of ketones is 1. The number of rotatable bonds is 6. The van der Waals surface area contributed by atoms with Crippen LogP contribution in [-0.4, -0.2) is 26.0 Å². The van der Waals surface area contributed by atoms with E-state index in [-0.39, 0.29) is 5.78 Å². The van der Waals surface area contributed by atoms with E-state index in [0.29, 0.717) is 10.7 Å². The first-order valence-electron chi connectivity index (χ1n) is 8.88. The third-order valence-electron chi connectivity index (χ3n) is 4.31. The first-order valence-corrected chi connectivity index (χ1v) is 9.76. The average molecular weight is 386 g/mol. The zero-order valence-electron chi connectivity index (χ0n) is 15.3. The molecule has 0 aliphatic heterocycles. The third-order valence-corrected chi connectivity index (χ3v) is 5.50. The van der Waals surface area contributed by atoms with Gasteiger partial charge >= 0.3 is 0 Å². The lowest BCUT2D eigenvalue weighted by molar-refractivity contribution is 0.0989. The summed E-state index contributed by atoms with van der Waals surface area (Å²) in [6, 6.07) is 27.0. The Kier molecular flexibility index (Phi) is 5.30. The molecule has 6 heteroatoms. The smallest absolute Gasteiger partial charge is 0.215 e. The summed E-state index contributed by atoms with van der Waals surface area (Å²) in [5.41, 5.74) is 3.56. The van der Waals surface area contributed by atoms with Crippen LogP contribution in [0.3, 0.4) is 0 Å². The molecule has 5 nitrogen and oxygen atoms in total. The van der Waals surface area contributed by atoms with Crippen LogP contribution in [0.5, 0.6) is 0 Å². The summed E-state index contributed by atoms with van der Waals surface area (Å²) in [6.45, 7) is 2.02. The quantitative estimate of drug-likeness (QED) is 0.355. The number of aromatic nitrogens is 4. The Bertz CT molecular complexity index is 1080. The zero-order valence-corrected chi connectivity index (χ0v) is 16.1. The summed E-state index contributed by atoms with van der Waals surface area (Å²) < 4.78 is 1.67. The van der Waals surface area contributed by atoms with Gasteiger partial charge in [0.2, 0.25) is 5.16 Å². The first kappa shape index (κ1) is 18.1. The number of aryl methyl sites for hydroxylation is 1. The highest BCUT2D eigenvalue weighted by Gasteiger charge is 2.26. The summed E-state index contributed by atoms with van der Waals surface area (Å²) >= 11 is 1.36. The van der Waals surface area contributed by atoms with Gasteiger partial charge < -0.3 is 0 Å². The number of carbonyl (C=O) groups is 1. The Labute approximate surface area is 167 Å². The van der Waals surface area contributed by atoms with Crippen LogP contribution in [0.25, 0.3) is 5.69 Å². The minimum absolute atomic E-state index is 0.0237. The van der Waals surface area contributed by atoms with Crippen molar-refractivity contribution in [2.24, 2.45) is 0 Å². The zero-order chi connectivity index (χ0) is 19.3. The molecule has 1 heterocycles. The molecule has 0 aliphatic rings. The van der Waals surface area contributed by atoms with Crippen molar-refractivity contribution in [3.8, 4) is 5.69 Å². The van der Waals surface area contributed by atoms with Crippen LogP contribution in [0, 0.1) is 6.92 Å². The highest BCUT2D eigenvalue weighted by atomic mass is 32.2. The average Bonchev–Trinajstić information content (AvgIpc) is 3.21. The van der Waals surface area contributed by atoms with E-state index < -0.39 is 5.25 Å². The lowest BCUT2D eigenvalue weighted by atomic mass is 10.0. The van der Waals surface area contributed by atoms with Crippen LogP contribution in [0.1, 0.15) is 26.7 Å². The topological polar surface area (TPSA) is 60.7 Å². The largest absolute Gasteiger partial charge is 0.293 e. The molecule has 28 heavy (non-hydrogen) atoms. The number of nitrogens with zero attached hydrogens (tertiary/aromatic N) is 4. The lowest BCUT2D eigenvalue weighted by Gasteiger charge is -2.15. The van der Waals surface area contributed by atoms with Crippen LogP contribution in [0.2, 0.25) is 0 Å². The fourth-order valence-corrected chi connectivity index (χ4v) is 4.01. The van der Waals surface area contributed by atoms with Crippen LogP contribution >= 0.6 is 11.8 Å². The van der Waals surface area contributed by atoms with Crippen molar-refractivity contribution in [3.63, 3.8) is 0 Å². The molecule has 0 fully saturated rings. The predicted molar refractivity (Wildman–Crippen MR) is 110 cm³/mol. The van der Waals surface area contributed by atoms with E-state index in [9.17, 15) is 4.79 Å². The summed E-state index contributed by atoms with van der Waals surface area (Å²) in [7, 11) is 0.